The van der Waals surface area contributed by atoms with Crippen molar-refractivity contribution in [3.8, 4) is 28.3 Å². The summed E-state index contributed by atoms with van der Waals surface area (Å²) < 4.78 is 13.5. The number of hydrogen-bond acceptors (Lipinski definition) is 6. The van der Waals surface area contributed by atoms with Gasteiger partial charge in [-0.3, -0.25) is 9.36 Å². The molecule has 7 heteroatoms. The Hall–Kier alpha value is -4.23. The van der Waals surface area contributed by atoms with Crippen LogP contribution in [0.1, 0.15) is 40.2 Å². The first kappa shape index (κ1) is 23.9. The van der Waals surface area contributed by atoms with Crippen LogP contribution in [-0.4, -0.2) is 52.3 Å². The van der Waals surface area contributed by atoms with E-state index < -0.39 is 0 Å². The fourth-order valence-electron chi connectivity index (χ4n) is 6.09. The van der Waals surface area contributed by atoms with E-state index in [4.69, 9.17) is 9.15 Å². The van der Waals surface area contributed by atoms with Crippen LogP contribution in [0.25, 0.3) is 33.5 Å². The predicted octanol–water partition coefficient (Wildman–Crippen LogP) is 6.02. The molecule has 2 aliphatic rings. The first-order valence-electron chi connectivity index (χ1n) is 13.4. The molecule has 0 N–H and O–H groups in total. The summed E-state index contributed by atoms with van der Waals surface area (Å²) in [4.78, 5) is 16.0. The molecule has 4 heterocycles. The van der Waals surface area contributed by atoms with E-state index in [2.05, 4.69) is 47.3 Å². The minimum Gasteiger partial charge on any atom is -0.492 e. The van der Waals surface area contributed by atoms with Crippen molar-refractivity contribution in [3.63, 3.8) is 0 Å². The van der Waals surface area contributed by atoms with Gasteiger partial charge >= 0.3 is 0 Å². The Kier molecular flexibility index (Phi) is 5.45. The van der Waals surface area contributed by atoms with Crippen molar-refractivity contribution in [2.24, 2.45) is 0 Å². The molecule has 0 aliphatic carbocycles. The van der Waals surface area contributed by atoms with Gasteiger partial charge in [-0.2, -0.15) is 0 Å². The topological polar surface area (TPSA) is 73.4 Å². The fourth-order valence-corrected chi connectivity index (χ4v) is 6.09. The number of likely N-dealkylation sites (tertiary alicyclic amines) is 1. The Balaban J connectivity index is 1.18. The average molecular weight is 519 g/mol. The molecule has 1 fully saturated rings. The normalized spacial score (nSPS) is 16.5. The predicted molar refractivity (Wildman–Crippen MR) is 150 cm³/mol. The number of piperidine rings is 1. The number of ether oxygens (including phenoxy) is 1. The van der Waals surface area contributed by atoms with Crippen LogP contribution in [0.2, 0.25) is 0 Å². The van der Waals surface area contributed by atoms with Crippen LogP contribution in [0.3, 0.4) is 0 Å². The van der Waals surface area contributed by atoms with Crippen LogP contribution in [0, 0.1) is 13.8 Å². The van der Waals surface area contributed by atoms with Crippen LogP contribution in [-0.2, 0) is 5.41 Å². The molecule has 1 saturated heterocycles. The van der Waals surface area contributed by atoms with Crippen LogP contribution in [0.4, 0.5) is 0 Å². The number of carbonyl (C=O) groups is 1. The molecule has 3 aromatic carbocycles. The zero-order chi connectivity index (χ0) is 26.7. The summed E-state index contributed by atoms with van der Waals surface area (Å²) >= 11 is 0. The number of benzene rings is 3. The van der Waals surface area contributed by atoms with Crippen molar-refractivity contribution in [3.05, 3.63) is 89.4 Å². The first-order chi connectivity index (χ1) is 18.9. The van der Waals surface area contributed by atoms with E-state index in [1.54, 1.807) is 11.5 Å². The molecule has 5 aromatic rings. The SMILES string of the molecule is Cc1nnc(-c2ccc(-c3ccc(C(=O)n4ccc5cc6c(cc54)C4(CCN(C)CC4)CO6)cc3)c(C)c2)o1. The Morgan fingerprint density at radius 3 is 2.41 bits per heavy atom. The Morgan fingerprint density at radius 1 is 0.923 bits per heavy atom. The number of carbonyl (C=O) groups excluding carboxylic acids is 1. The van der Waals surface area contributed by atoms with Crippen molar-refractivity contribution < 1.29 is 13.9 Å². The van der Waals surface area contributed by atoms with Crippen LogP contribution in [0.5, 0.6) is 5.75 Å². The monoisotopic (exact) mass is 518 g/mol. The third-order valence-electron chi connectivity index (χ3n) is 8.47. The van der Waals surface area contributed by atoms with Crippen molar-refractivity contribution in [2.75, 3.05) is 26.7 Å². The molecule has 196 valence electrons. The lowest BCUT2D eigenvalue weighted by Gasteiger charge is -2.36. The van der Waals surface area contributed by atoms with Crippen LogP contribution < -0.4 is 4.74 Å². The second-order valence-electron chi connectivity index (χ2n) is 11.0. The highest BCUT2D eigenvalue weighted by Crippen LogP contribution is 2.47. The standard InChI is InChI=1S/C32H30N4O3/c1-20-16-25(30-34-33-21(2)39-30)8-9-26(20)22-4-6-23(7-5-22)31(37)36-13-10-24-17-29-27(18-28(24)36)32(19-38-29)11-14-35(3)15-12-32/h4-10,13,16-18H,11-12,14-15,19H2,1-3H3. The number of aryl methyl sites for hydroxylation is 2. The van der Waals surface area contributed by atoms with Crippen LogP contribution in [0.15, 0.2) is 71.3 Å². The van der Waals surface area contributed by atoms with Gasteiger partial charge in [0.2, 0.25) is 11.8 Å². The summed E-state index contributed by atoms with van der Waals surface area (Å²) in [6.07, 6.45) is 4.03. The zero-order valence-electron chi connectivity index (χ0n) is 22.4. The molecule has 39 heavy (non-hydrogen) atoms. The van der Waals surface area contributed by atoms with Gasteiger partial charge < -0.3 is 14.1 Å². The highest BCUT2D eigenvalue weighted by molar-refractivity contribution is 6.03. The fraction of sp³-hybridized carbons (Fsp3) is 0.281. The van der Waals surface area contributed by atoms with Gasteiger partial charge in [-0.05, 0) is 99.1 Å². The van der Waals surface area contributed by atoms with Crippen LogP contribution >= 0.6 is 0 Å². The van der Waals surface area contributed by atoms with Gasteiger partial charge in [0.1, 0.15) is 5.75 Å². The molecule has 0 atom stereocenters. The van der Waals surface area contributed by atoms with Crippen molar-refractivity contribution >= 4 is 16.8 Å². The van der Waals surface area contributed by atoms with E-state index in [0.29, 0.717) is 17.3 Å². The van der Waals surface area contributed by atoms with E-state index in [9.17, 15) is 4.79 Å². The molecule has 7 nitrogen and oxygen atoms in total. The minimum absolute atomic E-state index is 0.0355. The van der Waals surface area contributed by atoms with E-state index in [1.807, 2.05) is 48.7 Å². The maximum atomic E-state index is 13.7. The summed E-state index contributed by atoms with van der Waals surface area (Å²) in [5.41, 5.74) is 7.02. The summed E-state index contributed by atoms with van der Waals surface area (Å²) in [7, 11) is 2.18. The molecule has 2 aromatic heterocycles. The molecule has 2 aliphatic heterocycles. The van der Waals surface area contributed by atoms with Gasteiger partial charge in [0, 0.05) is 40.6 Å². The Bertz CT molecular complexity index is 1720. The summed E-state index contributed by atoms with van der Waals surface area (Å²) in [5, 5.41) is 9.06. The average Bonchev–Trinajstić information content (AvgIpc) is 3.66. The first-order valence-corrected chi connectivity index (χ1v) is 13.4. The number of fused-ring (bicyclic) bond motifs is 3. The molecule has 0 radical (unpaired) electrons. The lowest BCUT2D eigenvalue weighted by atomic mass is 9.74. The molecule has 0 saturated carbocycles. The van der Waals surface area contributed by atoms with E-state index in [1.165, 1.54) is 5.56 Å². The third kappa shape index (κ3) is 3.96. The van der Waals surface area contributed by atoms with Gasteiger partial charge in [-0.1, -0.05) is 18.2 Å². The van der Waals surface area contributed by atoms with Gasteiger partial charge in [-0.15, -0.1) is 10.2 Å². The number of hydrogen-bond donors (Lipinski definition) is 0. The molecule has 0 bridgehead atoms. The number of aromatic nitrogens is 3. The molecule has 0 amide bonds. The lowest BCUT2D eigenvalue weighted by Crippen LogP contribution is -2.41. The highest BCUT2D eigenvalue weighted by Gasteiger charge is 2.43. The maximum Gasteiger partial charge on any atom is 0.262 e. The Labute approximate surface area is 227 Å². The Morgan fingerprint density at radius 2 is 1.69 bits per heavy atom. The van der Waals surface area contributed by atoms with E-state index in [0.717, 1.165) is 71.4 Å². The molecular weight excluding hydrogens is 488 g/mol. The summed E-state index contributed by atoms with van der Waals surface area (Å²) in [5.74, 6) is 1.99. The summed E-state index contributed by atoms with van der Waals surface area (Å²) in [6.45, 7) is 6.70. The second-order valence-corrected chi connectivity index (χ2v) is 11.0. The smallest absolute Gasteiger partial charge is 0.262 e. The van der Waals surface area contributed by atoms with E-state index >= 15 is 0 Å². The second kappa shape index (κ2) is 8.92. The van der Waals surface area contributed by atoms with Gasteiger partial charge in [0.15, 0.2) is 0 Å². The van der Waals surface area contributed by atoms with E-state index in [-0.39, 0.29) is 11.3 Å². The molecule has 1 spiro atoms. The largest absolute Gasteiger partial charge is 0.492 e. The number of nitrogens with zero attached hydrogens (tertiary/aromatic N) is 4. The summed E-state index contributed by atoms with van der Waals surface area (Å²) in [6, 6.07) is 20.2. The highest BCUT2D eigenvalue weighted by atomic mass is 16.5. The molecular formula is C32H30N4O3. The number of rotatable bonds is 3. The zero-order valence-corrected chi connectivity index (χ0v) is 22.4. The van der Waals surface area contributed by atoms with Crippen molar-refractivity contribution in [2.45, 2.75) is 32.1 Å². The third-order valence-corrected chi connectivity index (χ3v) is 8.47. The lowest BCUT2D eigenvalue weighted by molar-refractivity contribution is 0.0965. The van der Waals surface area contributed by atoms with Gasteiger partial charge in [0.25, 0.3) is 5.91 Å². The van der Waals surface area contributed by atoms with Crippen molar-refractivity contribution in [1.82, 2.24) is 19.7 Å². The minimum atomic E-state index is -0.0355. The molecule has 7 rings (SSSR count). The van der Waals surface area contributed by atoms with Crippen molar-refractivity contribution in [1.29, 1.82) is 0 Å². The quantitative estimate of drug-likeness (QED) is 0.291. The maximum absolute atomic E-state index is 13.7. The van der Waals surface area contributed by atoms with Gasteiger partial charge in [-0.25, -0.2) is 0 Å². The molecule has 0 unspecified atom stereocenters. The van der Waals surface area contributed by atoms with Gasteiger partial charge in [0.05, 0.1) is 12.1 Å².